The zero-order chi connectivity index (χ0) is 20.1. The first-order valence-electron chi connectivity index (χ1n) is 8.51. The van der Waals surface area contributed by atoms with Crippen molar-refractivity contribution in [1.29, 1.82) is 0 Å². The summed E-state index contributed by atoms with van der Waals surface area (Å²) in [7, 11) is 3.94. The van der Waals surface area contributed by atoms with Crippen LogP contribution in [0.4, 0.5) is 11.4 Å². The number of benzene rings is 2. The molecule has 1 atom stereocenters. The number of amidine groups is 1. The molecule has 1 aliphatic heterocycles. The van der Waals surface area contributed by atoms with Crippen molar-refractivity contribution < 1.29 is 9.72 Å². The molecule has 1 aliphatic rings. The molecule has 1 unspecified atom stereocenters. The van der Waals surface area contributed by atoms with Gasteiger partial charge in [0, 0.05) is 31.9 Å². The van der Waals surface area contributed by atoms with E-state index in [1.165, 1.54) is 23.9 Å². The molecule has 1 N–H and O–H groups in total. The van der Waals surface area contributed by atoms with Crippen LogP contribution in [0.2, 0.25) is 0 Å². The van der Waals surface area contributed by atoms with E-state index in [9.17, 15) is 14.9 Å². The highest BCUT2D eigenvalue weighted by molar-refractivity contribution is 8.15. The summed E-state index contributed by atoms with van der Waals surface area (Å²) in [6.45, 7) is 0. The summed E-state index contributed by atoms with van der Waals surface area (Å²) in [4.78, 5) is 24.6. The summed E-state index contributed by atoms with van der Waals surface area (Å²) >= 11 is 1.27. The minimum atomic E-state index is -0.446. The lowest BCUT2D eigenvalue weighted by atomic mass is 10.1. The number of non-ortho nitro benzene ring substituents is 1. The van der Waals surface area contributed by atoms with Crippen LogP contribution < -0.4 is 10.2 Å². The third-order valence-corrected chi connectivity index (χ3v) is 5.16. The van der Waals surface area contributed by atoms with E-state index in [0.717, 1.165) is 16.8 Å². The predicted octanol–water partition coefficient (Wildman–Crippen LogP) is 2.83. The van der Waals surface area contributed by atoms with Crippen molar-refractivity contribution in [3.8, 4) is 0 Å². The Hall–Kier alpha value is -3.20. The van der Waals surface area contributed by atoms with Gasteiger partial charge in [-0.25, -0.2) is 0 Å². The molecule has 0 saturated carbocycles. The Bertz CT molecular complexity index is 941. The molecule has 28 heavy (non-hydrogen) atoms. The number of carbonyl (C=O) groups is 1. The number of nitro groups is 1. The van der Waals surface area contributed by atoms with Crippen LogP contribution in [0.15, 0.2) is 58.7 Å². The number of nitro benzene ring substituents is 1. The van der Waals surface area contributed by atoms with Gasteiger partial charge in [-0.2, -0.15) is 5.10 Å². The second-order valence-electron chi connectivity index (χ2n) is 6.36. The second kappa shape index (κ2) is 8.66. The van der Waals surface area contributed by atoms with Crippen molar-refractivity contribution >= 4 is 40.4 Å². The van der Waals surface area contributed by atoms with E-state index >= 15 is 0 Å². The monoisotopic (exact) mass is 397 g/mol. The normalized spacial score (nSPS) is 17.9. The number of nitrogens with zero attached hydrogens (tertiary/aromatic N) is 4. The van der Waals surface area contributed by atoms with Crippen LogP contribution in [0.5, 0.6) is 0 Å². The lowest BCUT2D eigenvalue weighted by molar-refractivity contribution is -0.384. The van der Waals surface area contributed by atoms with Gasteiger partial charge in [0.2, 0.25) is 5.91 Å². The van der Waals surface area contributed by atoms with E-state index in [1.54, 1.807) is 18.3 Å². The van der Waals surface area contributed by atoms with Crippen molar-refractivity contribution in [3.63, 3.8) is 0 Å². The number of hydrogen-bond donors (Lipinski definition) is 1. The van der Waals surface area contributed by atoms with Crippen LogP contribution >= 0.6 is 11.8 Å². The highest BCUT2D eigenvalue weighted by Gasteiger charge is 2.30. The minimum absolute atomic E-state index is 0.0136. The molecule has 0 spiro atoms. The molecule has 0 radical (unpaired) electrons. The van der Waals surface area contributed by atoms with Crippen LogP contribution in [0.25, 0.3) is 0 Å². The van der Waals surface area contributed by atoms with Gasteiger partial charge >= 0.3 is 0 Å². The van der Waals surface area contributed by atoms with Gasteiger partial charge in [-0.3, -0.25) is 14.9 Å². The Kier molecular flexibility index (Phi) is 6.05. The SMILES string of the molecule is CN(C)c1ccc(/C=N/N=C2/NC(=O)C(Cc3cccc([N+](=O)[O-])c3)S2)cc1. The Morgan fingerprint density at radius 3 is 2.68 bits per heavy atom. The van der Waals surface area contributed by atoms with Gasteiger partial charge in [-0.05, 0) is 29.7 Å². The van der Waals surface area contributed by atoms with Crippen molar-refractivity contribution in [2.24, 2.45) is 10.2 Å². The number of amides is 1. The average Bonchev–Trinajstić information content (AvgIpc) is 3.01. The molecule has 1 heterocycles. The number of carbonyl (C=O) groups excluding carboxylic acids is 1. The Labute approximate surface area is 166 Å². The van der Waals surface area contributed by atoms with Crippen LogP contribution in [0.1, 0.15) is 11.1 Å². The number of nitrogens with one attached hydrogen (secondary N) is 1. The minimum Gasteiger partial charge on any atom is -0.378 e. The zero-order valence-corrected chi connectivity index (χ0v) is 16.2. The molecular weight excluding hydrogens is 378 g/mol. The summed E-state index contributed by atoms with van der Waals surface area (Å²) in [5, 5.41) is 21.7. The summed E-state index contributed by atoms with van der Waals surface area (Å²) in [6, 6.07) is 14.1. The third-order valence-electron chi connectivity index (χ3n) is 4.08. The van der Waals surface area contributed by atoms with Crippen molar-refractivity contribution in [2.75, 3.05) is 19.0 Å². The van der Waals surface area contributed by atoms with Gasteiger partial charge in [-0.1, -0.05) is 36.0 Å². The molecule has 0 aromatic heterocycles. The van der Waals surface area contributed by atoms with E-state index < -0.39 is 10.2 Å². The van der Waals surface area contributed by atoms with Crippen molar-refractivity contribution in [3.05, 3.63) is 69.8 Å². The number of anilines is 1. The summed E-state index contributed by atoms with van der Waals surface area (Å²) in [6.07, 6.45) is 2.00. The molecule has 144 valence electrons. The quantitative estimate of drug-likeness (QED) is 0.459. The first-order chi connectivity index (χ1) is 13.4. The predicted molar refractivity (Wildman–Crippen MR) is 112 cm³/mol. The maximum absolute atomic E-state index is 12.1. The lowest BCUT2D eigenvalue weighted by Gasteiger charge is -2.11. The number of rotatable bonds is 6. The molecule has 2 aromatic carbocycles. The van der Waals surface area contributed by atoms with Crippen LogP contribution in [0.3, 0.4) is 0 Å². The topological polar surface area (TPSA) is 100 Å². The lowest BCUT2D eigenvalue weighted by Crippen LogP contribution is -2.25. The maximum atomic E-state index is 12.1. The molecule has 3 rings (SSSR count). The molecule has 1 fully saturated rings. The summed E-state index contributed by atoms with van der Waals surface area (Å²) in [5.74, 6) is -0.180. The number of thioether (sulfide) groups is 1. The molecule has 0 bridgehead atoms. The molecule has 8 nitrogen and oxygen atoms in total. The van der Waals surface area contributed by atoms with E-state index in [-0.39, 0.29) is 11.6 Å². The van der Waals surface area contributed by atoms with Crippen molar-refractivity contribution in [2.45, 2.75) is 11.7 Å². The molecule has 2 aromatic rings. The van der Waals surface area contributed by atoms with E-state index in [4.69, 9.17) is 0 Å². The maximum Gasteiger partial charge on any atom is 0.269 e. The first-order valence-corrected chi connectivity index (χ1v) is 9.39. The van der Waals surface area contributed by atoms with Crippen LogP contribution in [0, 0.1) is 10.1 Å². The molecule has 1 amide bonds. The standard InChI is InChI=1S/C19H19N5O3S/c1-23(2)15-8-6-13(7-9-15)12-20-22-19-21-18(25)17(28-19)11-14-4-3-5-16(10-14)24(26)27/h3-10,12,17H,11H2,1-2H3,(H,21,22,25)/b20-12+. The highest BCUT2D eigenvalue weighted by atomic mass is 32.2. The largest absolute Gasteiger partial charge is 0.378 e. The second-order valence-corrected chi connectivity index (χ2v) is 7.55. The fraction of sp³-hybridized carbons (Fsp3) is 0.211. The summed E-state index contributed by atoms with van der Waals surface area (Å²) in [5.41, 5.74) is 2.73. The average molecular weight is 397 g/mol. The van der Waals surface area contributed by atoms with Crippen LogP contribution in [-0.4, -0.2) is 41.6 Å². The van der Waals surface area contributed by atoms with Gasteiger partial charge < -0.3 is 10.2 Å². The van der Waals surface area contributed by atoms with Gasteiger partial charge in [-0.15, -0.1) is 5.10 Å². The smallest absolute Gasteiger partial charge is 0.269 e. The van der Waals surface area contributed by atoms with Crippen molar-refractivity contribution in [1.82, 2.24) is 5.32 Å². The summed E-state index contributed by atoms with van der Waals surface area (Å²) < 4.78 is 0. The molecule has 9 heteroatoms. The molecular formula is C19H19N5O3S. The first kappa shape index (κ1) is 19.6. The molecule has 1 saturated heterocycles. The van der Waals surface area contributed by atoms with E-state index in [1.807, 2.05) is 43.3 Å². The fourth-order valence-corrected chi connectivity index (χ4v) is 3.57. The fourth-order valence-electron chi connectivity index (χ4n) is 2.60. The van der Waals surface area contributed by atoms with Gasteiger partial charge in [0.1, 0.15) is 0 Å². The zero-order valence-electron chi connectivity index (χ0n) is 15.4. The third kappa shape index (κ3) is 4.95. The van der Waals surface area contributed by atoms with Gasteiger partial charge in [0.15, 0.2) is 5.17 Å². The Morgan fingerprint density at radius 1 is 1.25 bits per heavy atom. The Morgan fingerprint density at radius 2 is 2.00 bits per heavy atom. The molecule has 0 aliphatic carbocycles. The Balaban J connectivity index is 1.62. The highest BCUT2D eigenvalue weighted by Crippen LogP contribution is 2.25. The number of hydrogen-bond acceptors (Lipinski definition) is 7. The van der Waals surface area contributed by atoms with E-state index in [0.29, 0.717) is 11.6 Å². The van der Waals surface area contributed by atoms with Gasteiger partial charge in [0.05, 0.1) is 16.4 Å². The van der Waals surface area contributed by atoms with E-state index in [2.05, 4.69) is 15.5 Å². The van der Waals surface area contributed by atoms with Gasteiger partial charge in [0.25, 0.3) is 5.69 Å². The van der Waals surface area contributed by atoms with Crippen LogP contribution in [-0.2, 0) is 11.2 Å².